The van der Waals surface area contributed by atoms with Gasteiger partial charge in [0.1, 0.15) is 18.1 Å². The molecule has 1 atom stereocenters. The van der Waals surface area contributed by atoms with Crippen LogP contribution in [0.5, 0.6) is 5.75 Å². The van der Waals surface area contributed by atoms with Gasteiger partial charge < -0.3 is 14.8 Å². The number of halogens is 1. The zero-order valence-electron chi connectivity index (χ0n) is 19.1. The Bertz CT molecular complexity index is 1140. The van der Waals surface area contributed by atoms with E-state index in [2.05, 4.69) is 22.3 Å². The van der Waals surface area contributed by atoms with Gasteiger partial charge in [-0.25, -0.2) is 0 Å². The highest BCUT2D eigenvalue weighted by atomic mass is 35.5. The molecule has 1 N–H and O–H groups in total. The van der Waals surface area contributed by atoms with E-state index in [-0.39, 0.29) is 11.8 Å². The summed E-state index contributed by atoms with van der Waals surface area (Å²) in [6.07, 6.45) is 2.96. The Morgan fingerprint density at radius 2 is 1.91 bits per heavy atom. The van der Waals surface area contributed by atoms with Gasteiger partial charge in [0.2, 0.25) is 5.91 Å². The number of carbonyl (C=O) groups is 2. The van der Waals surface area contributed by atoms with E-state index >= 15 is 0 Å². The molecular formula is C27H29ClN2O4. The summed E-state index contributed by atoms with van der Waals surface area (Å²) in [4.78, 5) is 27.7. The number of carbonyl (C=O) groups excluding carboxylic acids is 2. The Morgan fingerprint density at radius 3 is 2.68 bits per heavy atom. The van der Waals surface area contributed by atoms with Crippen molar-refractivity contribution in [2.24, 2.45) is 5.92 Å². The minimum atomic E-state index is -0.463. The fourth-order valence-electron chi connectivity index (χ4n) is 6.07. The van der Waals surface area contributed by atoms with Crippen LogP contribution in [0.25, 0.3) is 0 Å². The highest BCUT2D eigenvalue weighted by Crippen LogP contribution is 2.46. The Hall–Kier alpha value is -2.41. The normalized spacial score (nSPS) is 23.9. The van der Waals surface area contributed by atoms with Gasteiger partial charge in [0.05, 0.1) is 24.5 Å². The predicted octanol–water partition coefficient (Wildman–Crippen LogP) is 3.95. The van der Waals surface area contributed by atoms with Gasteiger partial charge in [0.15, 0.2) is 0 Å². The number of rotatable bonds is 5. The van der Waals surface area contributed by atoms with E-state index in [9.17, 15) is 9.59 Å². The van der Waals surface area contributed by atoms with Crippen molar-refractivity contribution in [3.63, 3.8) is 0 Å². The predicted molar refractivity (Wildman–Crippen MR) is 130 cm³/mol. The van der Waals surface area contributed by atoms with Crippen molar-refractivity contribution >= 4 is 29.0 Å². The first kappa shape index (κ1) is 22.1. The van der Waals surface area contributed by atoms with Crippen LogP contribution in [0, 0.1) is 5.92 Å². The maximum atomic E-state index is 12.8. The fraction of sp³-hybridized carbons (Fsp3) is 0.481. The van der Waals surface area contributed by atoms with Crippen molar-refractivity contribution in [1.82, 2.24) is 4.90 Å². The molecule has 0 saturated carbocycles. The second-order valence-electron chi connectivity index (χ2n) is 10.0. The van der Waals surface area contributed by atoms with Crippen molar-refractivity contribution < 1.29 is 19.1 Å². The average molecular weight is 481 g/mol. The standard InChI is InChI=1S/C27H29ClN2O4/c28-19-2-5-23-22(14-19)27(26(32)29-23)7-9-30(10-8-27)11-12-34-20-3-4-21-17(13-20)1-6-24(31)25(21)18-15-33-16-18/h2-5,13-14,18,25H,1,6-12,15-16H2,(H,29,32). The van der Waals surface area contributed by atoms with Crippen LogP contribution < -0.4 is 10.1 Å². The number of hydrogen-bond donors (Lipinski definition) is 1. The molecule has 178 valence electrons. The zero-order chi connectivity index (χ0) is 23.3. The van der Waals surface area contributed by atoms with Crippen LogP contribution in [-0.4, -0.2) is 56.0 Å². The first-order chi connectivity index (χ1) is 16.5. The number of ether oxygens (including phenoxy) is 2. The molecule has 34 heavy (non-hydrogen) atoms. The van der Waals surface area contributed by atoms with Crippen LogP contribution >= 0.6 is 11.6 Å². The Kier molecular flexibility index (Phi) is 5.63. The highest BCUT2D eigenvalue weighted by molar-refractivity contribution is 6.31. The number of aryl methyl sites for hydroxylation is 1. The van der Waals surface area contributed by atoms with Gasteiger partial charge in [-0.15, -0.1) is 0 Å². The number of nitrogens with zero attached hydrogens (tertiary/aromatic N) is 1. The molecular weight excluding hydrogens is 452 g/mol. The van der Waals surface area contributed by atoms with Gasteiger partial charge in [-0.1, -0.05) is 17.7 Å². The van der Waals surface area contributed by atoms with Crippen LogP contribution in [0.2, 0.25) is 5.02 Å². The summed E-state index contributed by atoms with van der Waals surface area (Å²) in [6, 6.07) is 11.9. The van der Waals surface area contributed by atoms with Crippen LogP contribution in [0.1, 0.15) is 41.9 Å². The summed E-state index contributed by atoms with van der Waals surface area (Å²) in [5.41, 5.74) is 3.87. The summed E-state index contributed by atoms with van der Waals surface area (Å²) < 4.78 is 11.4. The molecule has 1 spiro atoms. The zero-order valence-corrected chi connectivity index (χ0v) is 19.9. The van der Waals surface area contributed by atoms with Crippen molar-refractivity contribution in [2.75, 3.05) is 44.8 Å². The van der Waals surface area contributed by atoms with E-state index < -0.39 is 5.41 Å². The monoisotopic (exact) mass is 480 g/mol. The molecule has 1 amide bonds. The number of ketones is 1. The number of likely N-dealkylation sites (tertiary alicyclic amines) is 1. The molecule has 2 aromatic rings. The number of nitrogens with one attached hydrogen (secondary N) is 1. The van der Waals surface area contributed by atoms with E-state index in [1.54, 1.807) is 0 Å². The summed E-state index contributed by atoms with van der Waals surface area (Å²) in [5.74, 6) is 1.62. The quantitative estimate of drug-likeness (QED) is 0.701. The number of amides is 1. The number of benzene rings is 2. The molecule has 2 saturated heterocycles. The molecule has 0 bridgehead atoms. The van der Waals surface area contributed by atoms with Gasteiger partial charge in [-0.3, -0.25) is 14.5 Å². The lowest BCUT2D eigenvalue weighted by Gasteiger charge is -2.38. The lowest BCUT2D eigenvalue weighted by molar-refractivity contribution is -0.128. The fourth-order valence-corrected chi connectivity index (χ4v) is 6.25. The third-order valence-corrected chi connectivity index (χ3v) is 8.37. The van der Waals surface area contributed by atoms with E-state index in [0.717, 1.165) is 61.5 Å². The second kappa shape index (κ2) is 8.67. The number of fused-ring (bicyclic) bond motifs is 3. The minimum absolute atomic E-state index is 0.0139. The number of Topliss-reactive ketones (excluding diaryl/α,β-unsaturated/α-hetero) is 1. The Labute approximate surface area is 204 Å². The van der Waals surface area contributed by atoms with Gasteiger partial charge in [0.25, 0.3) is 0 Å². The van der Waals surface area contributed by atoms with E-state index in [4.69, 9.17) is 21.1 Å². The van der Waals surface area contributed by atoms with Crippen molar-refractivity contribution in [1.29, 1.82) is 0 Å². The van der Waals surface area contributed by atoms with Crippen LogP contribution in [0.4, 0.5) is 5.69 Å². The lowest BCUT2D eigenvalue weighted by atomic mass is 9.73. The van der Waals surface area contributed by atoms with E-state index in [0.29, 0.717) is 43.0 Å². The van der Waals surface area contributed by atoms with Crippen molar-refractivity contribution in [3.05, 3.63) is 58.1 Å². The average Bonchev–Trinajstić information content (AvgIpc) is 3.06. The minimum Gasteiger partial charge on any atom is -0.492 e. The summed E-state index contributed by atoms with van der Waals surface area (Å²) in [5, 5.41) is 3.71. The largest absolute Gasteiger partial charge is 0.492 e. The second-order valence-corrected chi connectivity index (χ2v) is 10.5. The van der Waals surface area contributed by atoms with Crippen molar-refractivity contribution in [2.45, 2.75) is 37.0 Å². The third kappa shape index (κ3) is 3.72. The molecule has 6 nitrogen and oxygen atoms in total. The van der Waals surface area contributed by atoms with Crippen LogP contribution in [0.3, 0.4) is 0 Å². The molecule has 3 heterocycles. The highest BCUT2D eigenvalue weighted by Gasteiger charge is 2.48. The molecule has 2 fully saturated rings. The third-order valence-electron chi connectivity index (χ3n) is 8.14. The Morgan fingerprint density at radius 1 is 1.09 bits per heavy atom. The van der Waals surface area contributed by atoms with Crippen LogP contribution in [-0.2, 0) is 26.2 Å². The van der Waals surface area contributed by atoms with Gasteiger partial charge in [0, 0.05) is 29.6 Å². The number of piperidine rings is 1. The molecule has 0 aromatic heterocycles. The van der Waals surface area contributed by atoms with Gasteiger partial charge in [-0.2, -0.15) is 0 Å². The van der Waals surface area contributed by atoms with E-state index in [1.165, 1.54) is 5.56 Å². The summed E-state index contributed by atoms with van der Waals surface area (Å²) >= 11 is 6.23. The maximum Gasteiger partial charge on any atom is 0.235 e. The maximum absolute atomic E-state index is 12.8. The van der Waals surface area contributed by atoms with Gasteiger partial charge >= 0.3 is 0 Å². The molecule has 0 radical (unpaired) electrons. The molecule has 6 rings (SSSR count). The number of anilines is 1. The molecule has 3 aliphatic heterocycles. The summed E-state index contributed by atoms with van der Waals surface area (Å²) in [6.45, 7) is 4.48. The topological polar surface area (TPSA) is 67.9 Å². The molecule has 1 unspecified atom stereocenters. The summed E-state index contributed by atoms with van der Waals surface area (Å²) in [7, 11) is 0. The first-order valence-corrected chi connectivity index (χ1v) is 12.6. The smallest absolute Gasteiger partial charge is 0.235 e. The molecule has 4 aliphatic rings. The van der Waals surface area contributed by atoms with E-state index in [1.807, 2.05) is 24.3 Å². The molecule has 1 aliphatic carbocycles. The molecule has 7 heteroatoms. The SMILES string of the molecule is O=C1CCc2cc(OCCN3CCC4(CC3)C(=O)Nc3ccc(Cl)cc34)ccc2C1C1COC1. The lowest BCUT2D eigenvalue weighted by Crippen LogP contribution is -2.47. The number of hydrogen-bond acceptors (Lipinski definition) is 5. The molecule has 2 aromatic carbocycles. The van der Waals surface area contributed by atoms with Crippen molar-refractivity contribution in [3.8, 4) is 5.75 Å². The van der Waals surface area contributed by atoms with Gasteiger partial charge in [-0.05, 0) is 79.4 Å². The Balaban J connectivity index is 1.05. The van der Waals surface area contributed by atoms with Crippen LogP contribution in [0.15, 0.2) is 36.4 Å². The first-order valence-electron chi connectivity index (χ1n) is 12.2.